The fraction of sp³-hybridized carbons (Fsp3) is 0.0909. The Labute approximate surface area is 113 Å². The van der Waals surface area contributed by atoms with E-state index in [-0.39, 0.29) is 17.8 Å². The molecule has 5 nitrogen and oxygen atoms in total. The third kappa shape index (κ3) is 1.89. The number of nitrogens with one attached hydrogen (secondary N) is 2. The summed E-state index contributed by atoms with van der Waals surface area (Å²) in [4.78, 5) is 11.5. The Morgan fingerprint density at radius 3 is 2.67 bits per heavy atom. The third-order valence-corrected chi connectivity index (χ3v) is 3.04. The normalized spacial score (nSPS) is 19.1. The van der Waals surface area contributed by atoms with E-state index in [9.17, 15) is 4.79 Å². The molecule has 0 atom stereocenters. The number of rotatable bonds is 1. The SMILES string of the molecule is O=C1NC(=S)N/C1=C/c1cc2c(cc1Cl)OCO2. The van der Waals surface area contributed by atoms with Gasteiger partial charge in [-0.1, -0.05) is 11.6 Å². The molecule has 2 heterocycles. The summed E-state index contributed by atoms with van der Waals surface area (Å²) < 4.78 is 10.4. The highest BCUT2D eigenvalue weighted by molar-refractivity contribution is 7.80. The van der Waals surface area contributed by atoms with Crippen molar-refractivity contribution in [2.75, 3.05) is 6.79 Å². The number of carbonyl (C=O) groups excluding carboxylic acids is 1. The van der Waals surface area contributed by atoms with Crippen LogP contribution in [0.15, 0.2) is 17.8 Å². The molecule has 1 fully saturated rings. The molecule has 0 bridgehead atoms. The zero-order valence-electron chi connectivity index (χ0n) is 8.95. The smallest absolute Gasteiger partial charge is 0.273 e. The van der Waals surface area contributed by atoms with E-state index >= 15 is 0 Å². The molecular formula is C11H7ClN2O3S. The van der Waals surface area contributed by atoms with E-state index in [1.807, 2.05) is 0 Å². The number of hydrogen-bond acceptors (Lipinski definition) is 4. The summed E-state index contributed by atoms with van der Waals surface area (Å²) in [6, 6.07) is 3.37. The van der Waals surface area contributed by atoms with Gasteiger partial charge in [-0.2, -0.15) is 0 Å². The van der Waals surface area contributed by atoms with Crippen LogP contribution < -0.4 is 20.1 Å². The van der Waals surface area contributed by atoms with Crippen LogP contribution in [-0.2, 0) is 4.79 Å². The molecule has 7 heteroatoms. The van der Waals surface area contributed by atoms with Crippen LogP contribution >= 0.6 is 23.8 Å². The molecule has 1 aromatic carbocycles. The Hall–Kier alpha value is -1.79. The molecule has 2 N–H and O–H groups in total. The molecule has 2 aliphatic heterocycles. The fourth-order valence-corrected chi connectivity index (χ4v) is 2.09. The topological polar surface area (TPSA) is 59.6 Å². The zero-order chi connectivity index (χ0) is 12.7. The first-order valence-electron chi connectivity index (χ1n) is 5.06. The molecule has 0 unspecified atom stereocenters. The molecule has 3 rings (SSSR count). The Balaban J connectivity index is 2.00. The zero-order valence-corrected chi connectivity index (χ0v) is 10.5. The second-order valence-electron chi connectivity index (χ2n) is 3.69. The molecule has 0 saturated carbocycles. The Morgan fingerprint density at radius 2 is 2.00 bits per heavy atom. The average Bonchev–Trinajstić information content (AvgIpc) is 2.86. The fourth-order valence-electron chi connectivity index (χ4n) is 1.68. The number of carbonyl (C=O) groups is 1. The third-order valence-electron chi connectivity index (χ3n) is 2.51. The lowest BCUT2D eigenvalue weighted by Gasteiger charge is -2.02. The second kappa shape index (κ2) is 4.15. The monoisotopic (exact) mass is 282 g/mol. The van der Waals surface area contributed by atoms with Gasteiger partial charge in [0.15, 0.2) is 16.6 Å². The van der Waals surface area contributed by atoms with Crippen LogP contribution in [0.2, 0.25) is 5.02 Å². The average molecular weight is 283 g/mol. The van der Waals surface area contributed by atoms with Gasteiger partial charge < -0.3 is 14.8 Å². The lowest BCUT2D eigenvalue weighted by Crippen LogP contribution is -2.21. The maximum atomic E-state index is 11.5. The maximum Gasteiger partial charge on any atom is 0.273 e. The van der Waals surface area contributed by atoms with Crippen LogP contribution in [0.1, 0.15) is 5.56 Å². The van der Waals surface area contributed by atoms with Gasteiger partial charge in [-0.25, -0.2) is 0 Å². The lowest BCUT2D eigenvalue weighted by atomic mass is 10.1. The first-order valence-corrected chi connectivity index (χ1v) is 5.85. The molecule has 2 aliphatic rings. The molecule has 0 spiro atoms. The summed E-state index contributed by atoms with van der Waals surface area (Å²) in [5, 5.41) is 5.97. The molecule has 0 aromatic heterocycles. The van der Waals surface area contributed by atoms with Crippen molar-refractivity contribution >= 4 is 40.9 Å². The first kappa shape index (κ1) is 11.3. The van der Waals surface area contributed by atoms with Crippen molar-refractivity contribution in [3.63, 3.8) is 0 Å². The predicted molar refractivity (Wildman–Crippen MR) is 69.4 cm³/mol. The van der Waals surface area contributed by atoms with E-state index < -0.39 is 0 Å². The van der Waals surface area contributed by atoms with Crippen molar-refractivity contribution in [2.45, 2.75) is 0 Å². The number of hydrogen-bond donors (Lipinski definition) is 2. The largest absolute Gasteiger partial charge is 0.454 e. The minimum atomic E-state index is -0.284. The number of halogens is 1. The first-order chi connectivity index (χ1) is 8.63. The Morgan fingerprint density at radius 1 is 1.28 bits per heavy atom. The van der Waals surface area contributed by atoms with Crippen LogP contribution in [0.4, 0.5) is 0 Å². The summed E-state index contributed by atoms with van der Waals surface area (Å²) in [5.41, 5.74) is 1.00. The number of ether oxygens (including phenoxy) is 2. The quantitative estimate of drug-likeness (QED) is 0.602. The van der Waals surface area contributed by atoms with E-state index in [1.165, 1.54) is 0 Å². The molecule has 1 aromatic rings. The maximum absolute atomic E-state index is 11.5. The highest BCUT2D eigenvalue weighted by Gasteiger charge is 2.21. The molecule has 1 amide bonds. The molecule has 0 aliphatic carbocycles. The number of benzene rings is 1. The van der Waals surface area contributed by atoms with Gasteiger partial charge in [0.25, 0.3) is 5.91 Å². The van der Waals surface area contributed by atoms with Crippen molar-refractivity contribution in [1.29, 1.82) is 0 Å². The van der Waals surface area contributed by atoms with Gasteiger partial charge in [0.05, 0.1) is 5.02 Å². The van der Waals surface area contributed by atoms with Gasteiger partial charge in [-0.3, -0.25) is 10.1 Å². The minimum absolute atomic E-state index is 0.175. The van der Waals surface area contributed by atoms with Gasteiger partial charge in [0.1, 0.15) is 5.70 Å². The predicted octanol–water partition coefficient (Wildman–Crippen LogP) is 1.41. The van der Waals surface area contributed by atoms with Crippen molar-refractivity contribution in [3.05, 3.63) is 28.4 Å². The number of fused-ring (bicyclic) bond motifs is 1. The van der Waals surface area contributed by atoms with Crippen LogP contribution in [0, 0.1) is 0 Å². The Kier molecular flexibility index (Phi) is 2.61. The lowest BCUT2D eigenvalue weighted by molar-refractivity contribution is -0.115. The van der Waals surface area contributed by atoms with Crippen LogP contribution in [0.25, 0.3) is 6.08 Å². The van der Waals surface area contributed by atoms with Crippen LogP contribution in [-0.4, -0.2) is 17.8 Å². The summed E-state index contributed by atoms with van der Waals surface area (Å²) >= 11 is 10.9. The molecule has 1 saturated heterocycles. The van der Waals surface area contributed by atoms with Crippen molar-refractivity contribution in [3.8, 4) is 11.5 Å². The van der Waals surface area contributed by atoms with Crippen molar-refractivity contribution in [2.24, 2.45) is 0 Å². The van der Waals surface area contributed by atoms with Gasteiger partial charge >= 0.3 is 0 Å². The van der Waals surface area contributed by atoms with E-state index in [1.54, 1.807) is 18.2 Å². The van der Waals surface area contributed by atoms with Crippen LogP contribution in [0.5, 0.6) is 11.5 Å². The van der Waals surface area contributed by atoms with Gasteiger partial charge in [0, 0.05) is 6.07 Å². The van der Waals surface area contributed by atoms with E-state index in [0.29, 0.717) is 27.8 Å². The van der Waals surface area contributed by atoms with E-state index in [0.717, 1.165) is 0 Å². The molecule has 0 radical (unpaired) electrons. The summed E-state index contributed by atoms with van der Waals surface area (Å²) in [5.74, 6) is 0.919. The van der Waals surface area contributed by atoms with E-state index in [2.05, 4.69) is 10.6 Å². The number of amides is 1. The van der Waals surface area contributed by atoms with Crippen molar-refractivity contribution < 1.29 is 14.3 Å². The van der Waals surface area contributed by atoms with Crippen molar-refractivity contribution in [1.82, 2.24) is 10.6 Å². The van der Waals surface area contributed by atoms with Gasteiger partial charge in [-0.05, 0) is 29.9 Å². The minimum Gasteiger partial charge on any atom is -0.454 e. The van der Waals surface area contributed by atoms with Gasteiger partial charge in [-0.15, -0.1) is 0 Å². The Bertz CT molecular complexity index is 600. The molecular weight excluding hydrogens is 276 g/mol. The standard InChI is InChI=1S/C11H7ClN2O3S/c12-6-3-9-8(16-4-17-9)2-5(6)1-7-10(15)14-11(18)13-7/h1-3H,4H2,(H2,13,14,15,18)/b7-1+. The highest BCUT2D eigenvalue weighted by atomic mass is 35.5. The van der Waals surface area contributed by atoms with Crippen LogP contribution in [0.3, 0.4) is 0 Å². The summed E-state index contributed by atoms with van der Waals surface area (Å²) in [6.45, 7) is 0.175. The summed E-state index contributed by atoms with van der Waals surface area (Å²) in [6.07, 6.45) is 1.61. The van der Waals surface area contributed by atoms with Gasteiger partial charge in [0.2, 0.25) is 6.79 Å². The number of thiocarbonyl (C=S) groups is 1. The second-order valence-corrected chi connectivity index (χ2v) is 4.51. The molecule has 18 heavy (non-hydrogen) atoms. The molecule has 92 valence electrons. The highest BCUT2D eigenvalue weighted by Crippen LogP contribution is 2.37. The van der Waals surface area contributed by atoms with E-state index in [4.69, 9.17) is 33.3 Å². The summed E-state index contributed by atoms with van der Waals surface area (Å²) in [7, 11) is 0.